The summed E-state index contributed by atoms with van der Waals surface area (Å²) in [5.74, 6) is -1.31. The highest BCUT2D eigenvalue weighted by Crippen LogP contribution is 2.28. The number of sulfone groups is 1. The predicted octanol–water partition coefficient (Wildman–Crippen LogP) is 0.611. The molecule has 0 atom stereocenters. The van der Waals surface area contributed by atoms with Gasteiger partial charge in [0.1, 0.15) is 0 Å². The van der Waals surface area contributed by atoms with Crippen molar-refractivity contribution in [2.24, 2.45) is 0 Å². The first-order valence-electron chi connectivity index (χ1n) is 5.10. The summed E-state index contributed by atoms with van der Waals surface area (Å²) in [6.07, 6.45) is 2.25. The molecular formula is C10H16O5S. The molecule has 1 saturated heterocycles. The van der Waals surface area contributed by atoms with E-state index >= 15 is 0 Å². The van der Waals surface area contributed by atoms with Crippen LogP contribution in [0.5, 0.6) is 0 Å². The maximum atomic E-state index is 11.2. The van der Waals surface area contributed by atoms with Crippen LogP contribution < -0.4 is 0 Å². The van der Waals surface area contributed by atoms with Crippen molar-refractivity contribution in [1.82, 2.24) is 0 Å². The first kappa shape index (κ1) is 13.2. The van der Waals surface area contributed by atoms with Crippen LogP contribution in [0.4, 0.5) is 0 Å². The molecule has 0 aromatic carbocycles. The first-order valence-corrected chi connectivity index (χ1v) is 6.93. The lowest BCUT2D eigenvalue weighted by atomic mass is 9.97. The molecule has 1 rings (SSSR count). The lowest BCUT2D eigenvalue weighted by Gasteiger charge is -2.32. The Balaban J connectivity index is 2.68. The molecule has 0 aliphatic carbocycles. The summed E-state index contributed by atoms with van der Waals surface area (Å²) >= 11 is 0. The van der Waals surface area contributed by atoms with Crippen molar-refractivity contribution in [2.75, 3.05) is 18.1 Å². The summed E-state index contributed by atoms with van der Waals surface area (Å²) in [4.78, 5) is 11.1. The Labute approximate surface area is 95.0 Å². The molecule has 1 fully saturated rings. The monoisotopic (exact) mass is 248 g/mol. The third-order valence-electron chi connectivity index (χ3n) is 2.72. The summed E-state index contributed by atoms with van der Waals surface area (Å²) in [7, 11) is -3.08. The van der Waals surface area contributed by atoms with E-state index in [1.807, 2.05) is 0 Å². The molecule has 1 aliphatic rings. The number of carbonyl (C=O) groups is 1. The van der Waals surface area contributed by atoms with Crippen molar-refractivity contribution in [2.45, 2.75) is 24.9 Å². The zero-order chi connectivity index (χ0) is 12.2. The Bertz CT molecular complexity index is 357. The fourth-order valence-electron chi connectivity index (χ4n) is 1.63. The standard InChI is InChI=1S/C10H16O5S/c1-2-3-6-15-10(9(11)12)4-7-16(13,14)8-5-10/h2H,1,3-8H2,(H,11,12). The highest BCUT2D eigenvalue weighted by Gasteiger charge is 2.44. The molecule has 1 aliphatic heterocycles. The minimum Gasteiger partial charge on any atom is -0.479 e. The van der Waals surface area contributed by atoms with Gasteiger partial charge >= 0.3 is 5.97 Å². The normalized spacial score (nSPS) is 22.5. The van der Waals surface area contributed by atoms with Gasteiger partial charge in [-0.15, -0.1) is 6.58 Å². The van der Waals surface area contributed by atoms with Gasteiger partial charge in [-0.25, -0.2) is 13.2 Å². The Kier molecular flexibility index (Phi) is 4.09. The van der Waals surface area contributed by atoms with E-state index in [4.69, 9.17) is 9.84 Å². The number of hydrogen-bond donors (Lipinski definition) is 1. The second-order valence-corrected chi connectivity index (χ2v) is 6.18. The second-order valence-electron chi connectivity index (χ2n) is 3.88. The SMILES string of the molecule is C=CCCOC1(C(=O)O)CCS(=O)(=O)CC1. The van der Waals surface area contributed by atoms with E-state index in [1.165, 1.54) is 0 Å². The smallest absolute Gasteiger partial charge is 0.336 e. The van der Waals surface area contributed by atoms with Crippen LogP contribution in [-0.4, -0.2) is 43.2 Å². The Morgan fingerprint density at radius 1 is 1.44 bits per heavy atom. The molecule has 92 valence electrons. The molecule has 0 aromatic heterocycles. The number of carboxylic acids is 1. The predicted molar refractivity (Wildman–Crippen MR) is 59.0 cm³/mol. The molecular weight excluding hydrogens is 232 g/mol. The fourth-order valence-corrected chi connectivity index (χ4v) is 3.11. The average molecular weight is 248 g/mol. The van der Waals surface area contributed by atoms with E-state index in [2.05, 4.69) is 6.58 Å². The van der Waals surface area contributed by atoms with Gasteiger partial charge in [-0.3, -0.25) is 0 Å². The molecule has 0 spiro atoms. The third-order valence-corrected chi connectivity index (χ3v) is 4.38. The van der Waals surface area contributed by atoms with Crippen LogP contribution in [-0.2, 0) is 19.4 Å². The van der Waals surface area contributed by atoms with E-state index in [0.717, 1.165) is 0 Å². The van der Waals surface area contributed by atoms with Crippen molar-refractivity contribution >= 4 is 15.8 Å². The molecule has 6 heteroatoms. The van der Waals surface area contributed by atoms with Gasteiger partial charge in [0.25, 0.3) is 0 Å². The third kappa shape index (κ3) is 3.05. The highest BCUT2D eigenvalue weighted by molar-refractivity contribution is 7.91. The van der Waals surface area contributed by atoms with Crippen LogP contribution in [0.3, 0.4) is 0 Å². The largest absolute Gasteiger partial charge is 0.479 e. The van der Waals surface area contributed by atoms with Crippen molar-refractivity contribution < 1.29 is 23.1 Å². The molecule has 0 saturated carbocycles. The lowest BCUT2D eigenvalue weighted by molar-refractivity contribution is -0.167. The van der Waals surface area contributed by atoms with E-state index in [9.17, 15) is 13.2 Å². The quantitative estimate of drug-likeness (QED) is 0.569. The molecule has 16 heavy (non-hydrogen) atoms. The van der Waals surface area contributed by atoms with Crippen molar-refractivity contribution in [3.63, 3.8) is 0 Å². The molecule has 0 radical (unpaired) electrons. The Morgan fingerprint density at radius 3 is 2.44 bits per heavy atom. The van der Waals surface area contributed by atoms with Gasteiger partial charge in [-0.1, -0.05) is 6.08 Å². The number of aliphatic carboxylic acids is 1. The Hall–Kier alpha value is -0.880. The topological polar surface area (TPSA) is 80.7 Å². The van der Waals surface area contributed by atoms with Gasteiger partial charge in [0, 0.05) is 12.8 Å². The first-order chi connectivity index (χ1) is 7.42. The molecule has 0 aromatic rings. The van der Waals surface area contributed by atoms with Gasteiger partial charge in [0.15, 0.2) is 15.4 Å². The minimum atomic E-state index is -3.08. The number of rotatable bonds is 5. The lowest BCUT2D eigenvalue weighted by Crippen LogP contribution is -2.48. The van der Waals surface area contributed by atoms with Crippen LogP contribution in [0.25, 0.3) is 0 Å². The van der Waals surface area contributed by atoms with Crippen molar-refractivity contribution in [3.05, 3.63) is 12.7 Å². The second kappa shape index (κ2) is 4.97. The van der Waals surface area contributed by atoms with Gasteiger partial charge in [0.2, 0.25) is 0 Å². The van der Waals surface area contributed by atoms with Crippen molar-refractivity contribution in [1.29, 1.82) is 0 Å². The molecule has 1 heterocycles. The van der Waals surface area contributed by atoms with Gasteiger partial charge in [0.05, 0.1) is 18.1 Å². The summed E-state index contributed by atoms with van der Waals surface area (Å²) in [6, 6.07) is 0. The maximum absolute atomic E-state index is 11.2. The van der Waals surface area contributed by atoms with E-state index in [-0.39, 0.29) is 31.0 Å². The Morgan fingerprint density at radius 2 is 2.00 bits per heavy atom. The van der Waals surface area contributed by atoms with Crippen LogP contribution in [0.2, 0.25) is 0 Å². The zero-order valence-corrected chi connectivity index (χ0v) is 9.83. The number of hydrogen-bond acceptors (Lipinski definition) is 4. The number of carboxylic acid groups (broad SMARTS) is 1. The van der Waals surface area contributed by atoms with Gasteiger partial charge < -0.3 is 9.84 Å². The highest BCUT2D eigenvalue weighted by atomic mass is 32.2. The molecule has 0 amide bonds. The fraction of sp³-hybridized carbons (Fsp3) is 0.700. The zero-order valence-electron chi connectivity index (χ0n) is 9.02. The van der Waals surface area contributed by atoms with E-state index in [0.29, 0.717) is 6.42 Å². The van der Waals surface area contributed by atoms with E-state index < -0.39 is 21.4 Å². The molecule has 5 nitrogen and oxygen atoms in total. The molecule has 1 N–H and O–H groups in total. The van der Waals surface area contributed by atoms with Crippen molar-refractivity contribution in [3.8, 4) is 0 Å². The van der Waals surface area contributed by atoms with Crippen LogP contribution in [0.1, 0.15) is 19.3 Å². The van der Waals surface area contributed by atoms with Crippen LogP contribution in [0.15, 0.2) is 12.7 Å². The average Bonchev–Trinajstić information content (AvgIpc) is 2.21. The van der Waals surface area contributed by atoms with E-state index in [1.54, 1.807) is 6.08 Å². The molecule has 0 unspecified atom stereocenters. The van der Waals surface area contributed by atoms with Crippen LogP contribution in [0, 0.1) is 0 Å². The molecule has 0 bridgehead atoms. The summed E-state index contributed by atoms with van der Waals surface area (Å²) in [6.45, 7) is 3.77. The summed E-state index contributed by atoms with van der Waals surface area (Å²) in [5, 5.41) is 9.11. The summed E-state index contributed by atoms with van der Waals surface area (Å²) in [5.41, 5.74) is -1.33. The van der Waals surface area contributed by atoms with Gasteiger partial charge in [-0.05, 0) is 6.42 Å². The van der Waals surface area contributed by atoms with Crippen LogP contribution >= 0.6 is 0 Å². The number of ether oxygens (including phenoxy) is 1. The van der Waals surface area contributed by atoms with Gasteiger partial charge in [-0.2, -0.15) is 0 Å². The minimum absolute atomic E-state index is 0.0296. The maximum Gasteiger partial charge on any atom is 0.336 e. The summed E-state index contributed by atoms with van der Waals surface area (Å²) < 4.78 is 27.8.